The molecule has 1 N–H and O–H groups in total. The minimum absolute atomic E-state index is 0.0365. The van der Waals surface area contributed by atoms with E-state index in [-0.39, 0.29) is 10.9 Å². The average Bonchev–Trinajstić information content (AvgIpc) is 2.97. The van der Waals surface area contributed by atoms with Gasteiger partial charge in [-0.25, -0.2) is 13.1 Å². The van der Waals surface area contributed by atoms with E-state index in [1.165, 1.54) is 0 Å². The second-order valence-corrected chi connectivity index (χ2v) is 8.36. The van der Waals surface area contributed by atoms with Gasteiger partial charge in [0.05, 0.1) is 33.8 Å². The molecule has 1 unspecified atom stereocenters. The third kappa shape index (κ3) is 3.91. The smallest absolute Gasteiger partial charge is 0.244 e. The van der Waals surface area contributed by atoms with Crippen molar-refractivity contribution in [3.63, 3.8) is 0 Å². The molecule has 1 atom stereocenters. The van der Waals surface area contributed by atoms with E-state index in [9.17, 15) is 8.42 Å². The van der Waals surface area contributed by atoms with Crippen LogP contribution in [0.1, 0.15) is 49.1 Å². The van der Waals surface area contributed by atoms with Gasteiger partial charge in [0.1, 0.15) is 4.90 Å². The predicted molar refractivity (Wildman–Crippen MR) is 98.6 cm³/mol. The van der Waals surface area contributed by atoms with Gasteiger partial charge in [-0.05, 0) is 48.0 Å². The van der Waals surface area contributed by atoms with Gasteiger partial charge in [0.2, 0.25) is 10.0 Å². The number of aryl methyl sites for hydroxylation is 3. The maximum atomic E-state index is 12.6. The van der Waals surface area contributed by atoms with Crippen molar-refractivity contribution in [2.24, 2.45) is 0 Å². The molecule has 25 heavy (non-hydrogen) atoms. The highest BCUT2D eigenvalue weighted by atomic mass is 35.5. The van der Waals surface area contributed by atoms with E-state index in [2.05, 4.69) is 14.9 Å². The van der Waals surface area contributed by atoms with Crippen molar-refractivity contribution in [2.45, 2.75) is 65.4 Å². The number of halogens is 1. The first kappa shape index (κ1) is 19.9. The van der Waals surface area contributed by atoms with Crippen LogP contribution in [0.5, 0.6) is 0 Å². The van der Waals surface area contributed by atoms with Crippen molar-refractivity contribution < 1.29 is 8.42 Å². The molecule has 0 amide bonds. The second kappa shape index (κ2) is 7.47. The standard InChI is InChI=1S/C16H26ClN5O2S/c1-7-21-14(6)16(12(4)19-21)25(23,24)18-9-8-10(2)22-13(5)15(17)11(3)20-22/h10,18H,7-9H2,1-6H3. The number of nitrogens with zero attached hydrogens (tertiary/aromatic N) is 4. The van der Waals surface area contributed by atoms with E-state index < -0.39 is 10.0 Å². The van der Waals surface area contributed by atoms with Crippen LogP contribution in [0, 0.1) is 27.7 Å². The summed E-state index contributed by atoms with van der Waals surface area (Å²) in [5.41, 5.74) is 2.85. The van der Waals surface area contributed by atoms with Crippen LogP contribution in [-0.2, 0) is 16.6 Å². The summed E-state index contributed by atoms with van der Waals surface area (Å²) in [5, 5.41) is 9.36. The zero-order chi connectivity index (χ0) is 18.9. The van der Waals surface area contributed by atoms with E-state index in [1.807, 2.05) is 32.4 Å². The topological polar surface area (TPSA) is 81.8 Å². The number of nitrogens with one attached hydrogen (secondary N) is 1. The van der Waals surface area contributed by atoms with Gasteiger partial charge in [0.25, 0.3) is 0 Å². The Labute approximate surface area is 154 Å². The lowest BCUT2D eigenvalue weighted by Gasteiger charge is -2.15. The Morgan fingerprint density at radius 3 is 2.24 bits per heavy atom. The Balaban J connectivity index is 2.08. The quantitative estimate of drug-likeness (QED) is 0.791. The molecule has 0 radical (unpaired) electrons. The van der Waals surface area contributed by atoms with E-state index in [4.69, 9.17) is 11.6 Å². The number of hydrogen-bond donors (Lipinski definition) is 1. The molecule has 0 aliphatic heterocycles. The van der Waals surface area contributed by atoms with Gasteiger partial charge in [0.15, 0.2) is 0 Å². The molecule has 0 bridgehead atoms. The number of aromatic nitrogens is 4. The van der Waals surface area contributed by atoms with Crippen LogP contribution in [0.4, 0.5) is 0 Å². The molecule has 0 fully saturated rings. The molecule has 2 aromatic rings. The minimum Gasteiger partial charge on any atom is -0.268 e. The first-order valence-electron chi connectivity index (χ1n) is 8.35. The molecule has 0 saturated heterocycles. The summed E-state index contributed by atoms with van der Waals surface area (Å²) in [5.74, 6) is 0. The molecule has 0 spiro atoms. The lowest BCUT2D eigenvalue weighted by Crippen LogP contribution is -2.27. The molecule has 0 aliphatic rings. The third-order valence-corrected chi connectivity index (χ3v) is 6.65. The van der Waals surface area contributed by atoms with Gasteiger partial charge in [0, 0.05) is 13.1 Å². The molecule has 2 heterocycles. The molecule has 7 nitrogen and oxygen atoms in total. The van der Waals surface area contributed by atoms with E-state index in [0.29, 0.717) is 35.9 Å². The molecular weight excluding hydrogens is 362 g/mol. The van der Waals surface area contributed by atoms with E-state index in [0.717, 1.165) is 11.4 Å². The molecule has 0 saturated carbocycles. The van der Waals surface area contributed by atoms with Crippen LogP contribution in [0.15, 0.2) is 4.90 Å². The number of hydrogen-bond acceptors (Lipinski definition) is 4. The van der Waals surface area contributed by atoms with Gasteiger partial charge < -0.3 is 0 Å². The van der Waals surface area contributed by atoms with Gasteiger partial charge in [-0.15, -0.1) is 0 Å². The summed E-state index contributed by atoms with van der Waals surface area (Å²) in [6.07, 6.45) is 0.609. The third-order valence-electron chi connectivity index (χ3n) is 4.39. The van der Waals surface area contributed by atoms with Gasteiger partial charge in [-0.1, -0.05) is 11.6 Å². The van der Waals surface area contributed by atoms with Crippen LogP contribution in [0.25, 0.3) is 0 Å². The predicted octanol–water partition coefficient (Wildman–Crippen LogP) is 2.92. The normalized spacial score (nSPS) is 13.4. The molecule has 0 aromatic carbocycles. The zero-order valence-electron chi connectivity index (χ0n) is 15.6. The minimum atomic E-state index is -3.59. The van der Waals surface area contributed by atoms with Crippen molar-refractivity contribution in [3.8, 4) is 0 Å². The lowest BCUT2D eigenvalue weighted by atomic mass is 10.2. The fourth-order valence-electron chi connectivity index (χ4n) is 3.05. The van der Waals surface area contributed by atoms with Crippen LogP contribution in [0.3, 0.4) is 0 Å². The number of rotatable bonds is 7. The zero-order valence-corrected chi connectivity index (χ0v) is 17.2. The highest BCUT2D eigenvalue weighted by Crippen LogP contribution is 2.24. The summed E-state index contributed by atoms with van der Waals surface area (Å²) in [6.45, 7) is 12.1. The highest BCUT2D eigenvalue weighted by molar-refractivity contribution is 7.89. The van der Waals surface area contributed by atoms with Gasteiger partial charge in [-0.2, -0.15) is 10.2 Å². The van der Waals surface area contributed by atoms with Crippen molar-refractivity contribution in [1.29, 1.82) is 0 Å². The first-order chi connectivity index (χ1) is 11.6. The fourth-order valence-corrected chi connectivity index (χ4v) is 4.63. The van der Waals surface area contributed by atoms with Crippen LogP contribution < -0.4 is 4.72 Å². The summed E-state index contributed by atoms with van der Waals surface area (Å²) < 4.78 is 31.5. The SMILES string of the molecule is CCn1nc(C)c(S(=O)(=O)NCCC(C)n2nc(C)c(Cl)c2C)c1C. The van der Waals surface area contributed by atoms with Crippen LogP contribution >= 0.6 is 11.6 Å². The summed E-state index contributed by atoms with van der Waals surface area (Å²) in [4.78, 5) is 0.274. The average molecular weight is 388 g/mol. The van der Waals surface area contributed by atoms with Crippen molar-refractivity contribution >= 4 is 21.6 Å². The van der Waals surface area contributed by atoms with E-state index >= 15 is 0 Å². The Hall–Kier alpha value is -1.38. The summed E-state index contributed by atoms with van der Waals surface area (Å²) in [7, 11) is -3.59. The highest BCUT2D eigenvalue weighted by Gasteiger charge is 2.24. The Kier molecular flexibility index (Phi) is 5.96. The van der Waals surface area contributed by atoms with Gasteiger partial charge in [-0.3, -0.25) is 9.36 Å². The maximum Gasteiger partial charge on any atom is 0.244 e. The molecule has 2 rings (SSSR count). The largest absolute Gasteiger partial charge is 0.268 e. The first-order valence-corrected chi connectivity index (χ1v) is 10.2. The van der Waals surface area contributed by atoms with Gasteiger partial charge >= 0.3 is 0 Å². The molecule has 9 heteroatoms. The summed E-state index contributed by atoms with van der Waals surface area (Å²) >= 11 is 6.18. The van der Waals surface area contributed by atoms with Crippen LogP contribution in [0.2, 0.25) is 5.02 Å². The molecule has 140 valence electrons. The Bertz CT molecular complexity index is 870. The second-order valence-electron chi connectivity index (χ2n) is 6.28. The Morgan fingerprint density at radius 2 is 1.76 bits per heavy atom. The monoisotopic (exact) mass is 387 g/mol. The van der Waals surface area contributed by atoms with Crippen LogP contribution in [-0.4, -0.2) is 34.5 Å². The maximum absolute atomic E-state index is 12.6. The Morgan fingerprint density at radius 1 is 1.12 bits per heavy atom. The fraction of sp³-hybridized carbons (Fsp3) is 0.625. The van der Waals surface area contributed by atoms with Crippen molar-refractivity contribution in [2.75, 3.05) is 6.54 Å². The van der Waals surface area contributed by atoms with Crippen molar-refractivity contribution in [1.82, 2.24) is 24.3 Å². The van der Waals surface area contributed by atoms with E-state index in [1.54, 1.807) is 18.5 Å². The van der Waals surface area contributed by atoms with Crippen molar-refractivity contribution in [3.05, 3.63) is 27.8 Å². The summed E-state index contributed by atoms with van der Waals surface area (Å²) in [6, 6.07) is 0.0365. The molecule has 2 aromatic heterocycles. The molecule has 0 aliphatic carbocycles. The number of sulfonamides is 1. The molecular formula is C16H26ClN5O2S. The lowest BCUT2D eigenvalue weighted by molar-refractivity contribution is 0.446.